The van der Waals surface area contributed by atoms with E-state index >= 15 is 0 Å². The van der Waals surface area contributed by atoms with Gasteiger partial charge in [0.15, 0.2) is 0 Å². The Morgan fingerprint density at radius 1 is 0.321 bits per heavy atom. The van der Waals surface area contributed by atoms with E-state index in [-0.39, 0.29) is 53.9 Å². The summed E-state index contributed by atoms with van der Waals surface area (Å²) >= 11 is 0. The van der Waals surface area contributed by atoms with E-state index in [4.69, 9.17) is 52.5 Å². The summed E-state index contributed by atoms with van der Waals surface area (Å²) in [5.74, 6) is -2.24. The number of ether oxygens (including phenoxy) is 10. The summed E-state index contributed by atoms with van der Waals surface area (Å²) in [4.78, 5) is 93.7. The first-order chi connectivity index (χ1) is 39.2. The summed E-state index contributed by atoms with van der Waals surface area (Å²) in [6.45, 7) is 15.8. The monoisotopic (exact) mass is 1110 g/mol. The van der Waals surface area contributed by atoms with E-state index in [2.05, 4.69) is 19.7 Å². The maximum Gasteiger partial charge on any atom is 0.343 e. The molecule has 6 aromatic rings. The molecule has 0 atom stereocenters. The molecule has 0 bridgehead atoms. The number of aromatic carboxylic acids is 1. The first-order valence-corrected chi connectivity index (χ1v) is 25.2. The Morgan fingerprint density at radius 3 is 0.790 bits per heavy atom. The minimum Gasteiger partial charge on any atom is -0.494 e. The molecular formula is C62H60O19. The Hall–Kier alpha value is -10.3. The Bertz CT molecular complexity index is 3020. The van der Waals surface area contributed by atoms with Crippen LogP contribution in [0, 0.1) is 0 Å². The number of rotatable bonds is 28. The average Bonchev–Trinajstić information content (AvgIpc) is 3.50. The van der Waals surface area contributed by atoms with Gasteiger partial charge < -0.3 is 52.5 Å². The zero-order chi connectivity index (χ0) is 58.8. The van der Waals surface area contributed by atoms with Crippen LogP contribution in [0.2, 0.25) is 0 Å². The van der Waals surface area contributed by atoms with Gasteiger partial charge in [-0.15, -0.1) is 0 Å². The lowest BCUT2D eigenvalue weighted by atomic mass is 10.2. The largest absolute Gasteiger partial charge is 0.494 e. The highest BCUT2D eigenvalue weighted by Gasteiger charge is 2.15. The van der Waals surface area contributed by atoms with Crippen LogP contribution in [0.3, 0.4) is 0 Å². The van der Waals surface area contributed by atoms with Gasteiger partial charge in [-0.3, -0.25) is 0 Å². The van der Waals surface area contributed by atoms with Gasteiger partial charge >= 0.3 is 47.8 Å². The third-order valence-electron chi connectivity index (χ3n) is 10.3. The maximum atomic E-state index is 12.7. The lowest BCUT2D eigenvalue weighted by molar-refractivity contribution is -0.138. The summed E-state index contributed by atoms with van der Waals surface area (Å²) in [5, 5.41) is 8.84. The molecule has 0 spiro atoms. The van der Waals surface area contributed by atoms with Gasteiger partial charge in [0, 0.05) is 31.1 Å². The Balaban J connectivity index is 0.000000408. The number of carbonyl (C=O) groups excluding carboxylic acids is 7. The Labute approximate surface area is 467 Å². The summed E-state index contributed by atoms with van der Waals surface area (Å²) < 4.78 is 52.8. The van der Waals surface area contributed by atoms with Crippen molar-refractivity contribution in [3.8, 4) is 40.2 Å². The van der Waals surface area contributed by atoms with E-state index in [0.717, 1.165) is 18.2 Å². The molecule has 0 saturated heterocycles. The molecule has 6 rings (SSSR count). The van der Waals surface area contributed by atoms with E-state index in [0.29, 0.717) is 79.4 Å². The van der Waals surface area contributed by atoms with Crippen LogP contribution >= 0.6 is 0 Å². The highest BCUT2D eigenvalue weighted by Crippen LogP contribution is 2.23. The van der Waals surface area contributed by atoms with Crippen LogP contribution in [0.4, 0.5) is 0 Å². The lowest BCUT2D eigenvalue weighted by Crippen LogP contribution is -2.11. The highest BCUT2D eigenvalue weighted by molar-refractivity contribution is 5.94. The van der Waals surface area contributed by atoms with Gasteiger partial charge in [-0.1, -0.05) is 33.6 Å². The molecule has 422 valence electrons. The number of unbranched alkanes of at least 4 members (excludes halogenated alkanes) is 1. The van der Waals surface area contributed by atoms with Crippen LogP contribution in [-0.2, 0) is 28.6 Å². The van der Waals surface area contributed by atoms with Gasteiger partial charge in [0.1, 0.15) is 40.2 Å². The van der Waals surface area contributed by atoms with Crippen LogP contribution in [-0.4, -0.2) is 92.5 Å². The predicted molar refractivity (Wildman–Crippen MR) is 295 cm³/mol. The minimum atomic E-state index is -1.05. The molecule has 0 saturated carbocycles. The van der Waals surface area contributed by atoms with Crippen molar-refractivity contribution in [2.45, 2.75) is 39.5 Å². The van der Waals surface area contributed by atoms with Crippen molar-refractivity contribution >= 4 is 47.8 Å². The van der Waals surface area contributed by atoms with Crippen molar-refractivity contribution in [1.29, 1.82) is 0 Å². The second-order valence-electron chi connectivity index (χ2n) is 16.0. The highest BCUT2D eigenvalue weighted by atomic mass is 16.6. The fourth-order valence-corrected chi connectivity index (χ4v) is 6.21. The molecule has 0 fully saturated rings. The standard InChI is InChI=1S/C40H36O12.C20H18O7.C2H6/c1-3-36(41)48-25-6-5-24-46-31-14-8-29(9-15-31)39(44)51-34-20-22-35(23-21-34)52-40(45)30-12-18-33(19-13-30)50-38(43)28-10-16-32(17-11-28)47-26-7-27-49-37(42)4-2;1-2-18(21)26-13-3-12-25-16-8-6-15(7-9-16)20(24)27-17-10-4-14(5-11-17)19(22)23;1-2/h3-4,8-23H,1-2,5-7,24-27H2;2,4-11H,1,3,12-13H2,(H,22,23);1-2H3. The van der Waals surface area contributed by atoms with Gasteiger partial charge in [-0.05, 0) is 158 Å². The molecule has 1 N–H and O–H groups in total. The first-order valence-electron chi connectivity index (χ1n) is 25.2. The van der Waals surface area contributed by atoms with Crippen LogP contribution in [0.5, 0.6) is 40.2 Å². The Kier molecular flexibility index (Phi) is 27.5. The molecule has 19 nitrogen and oxygen atoms in total. The normalized spacial score (nSPS) is 9.95. The molecule has 0 aliphatic rings. The maximum absolute atomic E-state index is 12.7. The van der Waals surface area contributed by atoms with Crippen molar-refractivity contribution in [3.05, 3.63) is 211 Å². The van der Waals surface area contributed by atoms with Crippen molar-refractivity contribution in [3.63, 3.8) is 0 Å². The fraction of sp³-hybridized carbons (Fsp3) is 0.194. The summed E-state index contributed by atoms with van der Waals surface area (Å²) in [6.07, 6.45) is 5.64. The molecular weight excluding hydrogens is 1050 g/mol. The topological polar surface area (TPSA) is 249 Å². The molecule has 0 aliphatic carbocycles. The molecule has 0 aliphatic heterocycles. The van der Waals surface area contributed by atoms with E-state index < -0.39 is 47.8 Å². The molecule has 0 radical (unpaired) electrons. The zero-order valence-electron chi connectivity index (χ0n) is 44.6. The van der Waals surface area contributed by atoms with Crippen molar-refractivity contribution < 1.29 is 90.8 Å². The van der Waals surface area contributed by atoms with E-state index in [1.165, 1.54) is 72.8 Å². The van der Waals surface area contributed by atoms with Gasteiger partial charge in [-0.2, -0.15) is 0 Å². The molecule has 0 unspecified atom stereocenters. The molecule has 81 heavy (non-hydrogen) atoms. The molecule has 0 heterocycles. The number of carboxylic acids is 1. The third kappa shape index (κ3) is 23.5. The molecule has 0 amide bonds. The van der Waals surface area contributed by atoms with Crippen LogP contribution in [0.1, 0.15) is 91.3 Å². The minimum absolute atomic E-state index is 0.107. The summed E-state index contributed by atoms with van der Waals surface area (Å²) in [5.41, 5.74) is 1.26. The summed E-state index contributed by atoms with van der Waals surface area (Å²) in [7, 11) is 0. The van der Waals surface area contributed by atoms with Gasteiger partial charge in [0.25, 0.3) is 0 Å². The second-order valence-corrected chi connectivity index (χ2v) is 16.0. The van der Waals surface area contributed by atoms with Crippen molar-refractivity contribution in [1.82, 2.24) is 0 Å². The number of hydrogen-bond acceptors (Lipinski definition) is 18. The van der Waals surface area contributed by atoms with E-state index in [1.807, 2.05) is 13.8 Å². The quantitative estimate of drug-likeness (QED) is 0.0158. The third-order valence-corrected chi connectivity index (χ3v) is 10.3. The number of esters is 7. The fourth-order valence-electron chi connectivity index (χ4n) is 6.21. The van der Waals surface area contributed by atoms with Crippen LogP contribution in [0.15, 0.2) is 184 Å². The zero-order valence-corrected chi connectivity index (χ0v) is 44.6. The molecule has 19 heteroatoms. The predicted octanol–water partition coefficient (Wildman–Crippen LogP) is 10.9. The van der Waals surface area contributed by atoms with Crippen molar-refractivity contribution in [2.75, 3.05) is 39.6 Å². The average molecular weight is 1110 g/mol. The number of benzene rings is 6. The number of carboxylic acid groups (broad SMARTS) is 1. The van der Waals surface area contributed by atoms with Gasteiger partial charge in [0.05, 0.1) is 67.5 Å². The SMILES string of the molecule is C=CC(=O)OCCCCOc1ccc(C(=O)Oc2ccc(OC(=O)c3ccc(OC(=O)c4ccc(OCCCOC(=O)C=C)cc4)cc3)cc2)cc1.C=CC(=O)OCCCOc1ccc(C(=O)Oc2ccc(C(=O)O)cc2)cc1.CC. The second kappa shape index (κ2) is 35.2. The van der Waals surface area contributed by atoms with Gasteiger partial charge in [0.2, 0.25) is 0 Å². The summed E-state index contributed by atoms with van der Waals surface area (Å²) in [6, 6.07) is 36.6. The van der Waals surface area contributed by atoms with E-state index in [9.17, 15) is 38.4 Å². The van der Waals surface area contributed by atoms with Crippen LogP contribution < -0.4 is 33.2 Å². The Morgan fingerprint density at radius 2 is 0.531 bits per heavy atom. The van der Waals surface area contributed by atoms with Gasteiger partial charge in [-0.25, -0.2) is 38.4 Å². The smallest absolute Gasteiger partial charge is 0.343 e. The molecule has 0 aromatic heterocycles. The first kappa shape index (κ1) is 63.2. The van der Waals surface area contributed by atoms with E-state index in [1.54, 1.807) is 72.8 Å². The number of hydrogen-bond donors (Lipinski definition) is 1. The number of carbonyl (C=O) groups is 8. The molecule has 6 aromatic carbocycles. The lowest BCUT2D eigenvalue weighted by Gasteiger charge is -2.09. The van der Waals surface area contributed by atoms with Crippen LogP contribution in [0.25, 0.3) is 0 Å². The van der Waals surface area contributed by atoms with Crippen molar-refractivity contribution in [2.24, 2.45) is 0 Å².